The number of fused-ring (bicyclic) bond motifs is 3. The zero-order valence-electron chi connectivity index (χ0n) is 14.2. The lowest BCUT2D eigenvalue weighted by molar-refractivity contribution is 0.419. The molecule has 0 saturated carbocycles. The first kappa shape index (κ1) is 15.6. The fourth-order valence-electron chi connectivity index (χ4n) is 3.23. The SMILES string of the molecule is CCCc1nn(-c2ccccc2F)c2c1cnc1c(OC)cccc12. The van der Waals surface area contributed by atoms with E-state index in [1.165, 1.54) is 6.07 Å². The number of nitrogens with zero attached hydrogens (tertiary/aromatic N) is 3. The van der Waals surface area contributed by atoms with Crippen LogP contribution in [0.4, 0.5) is 4.39 Å². The van der Waals surface area contributed by atoms with Crippen molar-refractivity contribution in [3.63, 3.8) is 0 Å². The zero-order valence-corrected chi connectivity index (χ0v) is 14.2. The van der Waals surface area contributed by atoms with Gasteiger partial charge in [0.15, 0.2) is 0 Å². The highest BCUT2D eigenvalue weighted by Gasteiger charge is 2.18. The van der Waals surface area contributed by atoms with Gasteiger partial charge in [-0.2, -0.15) is 5.10 Å². The van der Waals surface area contributed by atoms with Crippen LogP contribution in [0.2, 0.25) is 0 Å². The predicted molar refractivity (Wildman–Crippen MR) is 96.9 cm³/mol. The van der Waals surface area contributed by atoms with E-state index in [4.69, 9.17) is 9.84 Å². The summed E-state index contributed by atoms with van der Waals surface area (Å²) in [4.78, 5) is 4.58. The van der Waals surface area contributed by atoms with Gasteiger partial charge in [-0.3, -0.25) is 4.98 Å². The molecule has 0 unspecified atom stereocenters. The Labute approximate surface area is 144 Å². The summed E-state index contributed by atoms with van der Waals surface area (Å²) in [7, 11) is 1.62. The Morgan fingerprint density at radius 2 is 1.92 bits per heavy atom. The van der Waals surface area contributed by atoms with Crippen LogP contribution < -0.4 is 4.74 Å². The van der Waals surface area contributed by atoms with Crippen molar-refractivity contribution in [2.45, 2.75) is 19.8 Å². The third-order valence-corrected chi connectivity index (χ3v) is 4.36. The van der Waals surface area contributed by atoms with Crippen molar-refractivity contribution in [3.8, 4) is 11.4 Å². The van der Waals surface area contributed by atoms with Gasteiger partial charge in [0.25, 0.3) is 0 Å². The van der Waals surface area contributed by atoms with Gasteiger partial charge in [0, 0.05) is 17.0 Å². The molecule has 2 heterocycles. The third-order valence-electron chi connectivity index (χ3n) is 4.36. The zero-order chi connectivity index (χ0) is 17.4. The molecule has 0 amide bonds. The number of hydrogen-bond donors (Lipinski definition) is 0. The molecule has 4 rings (SSSR count). The lowest BCUT2D eigenvalue weighted by atomic mass is 10.1. The Bertz CT molecular complexity index is 1070. The maximum absolute atomic E-state index is 14.4. The third kappa shape index (κ3) is 2.43. The molecular weight excluding hydrogens is 317 g/mol. The Hall–Kier alpha value is -2.95. The molecule has 0 bridgehead atoms. The first-order valence-corrected chi connectivity index (χ1v) is 8.32. The van der Waals surface area contributed by atoms with Crippen molar-refractivity contribution in [3.05, 3.63) is 60.2 Å². The predicted octanol–water partition coefficient (Wildman–Crippen LogP) is 4.67. The topological polar surface area (TPSA) is 39.9 Å². The summed E-state index contributed by atoms with van der Waals surface area (Å²) >= 11 is 0. The molecule has 0 spiro atoms. The molecule has 0 saturated heterocycles. The summed E-state index contributed by atoms with van der Waals surface area (Å²) in [6.45, 7) is 2.10. The average molecular weight is 335 g/mol. The highest BCUT2D eigenvalue weighted by Crippen LogP contribution is 2.33. The number of rotatable bonds is 4. The largest absolute Gasteiger partial charge is 0.494 e. The van der Waals surface area contributed by atoms with Gasteiger partial charge >= 0.3 is 0 Å². The van der Waals surface area contributed by atoms with Gasteiger partial charge < -0.3 is 4.74 Å². The van der Waals surface area contributed by atoms with Crippen molar-refractivity contribution < 1.29 is 9.13 Å². The number of halogens is 1. The number of hydrogen-bond acceptors (Lipinski definition) is 3. The van der Waals surface area contributed by atoms with E-state index in [1.807, 2.05) is 30.5 Å². The van der Waals surface area contributed by atoms with Crippen LogP contribution >= 0.6 is 0 Å². The quantitative estimate of drug-likeness (QED) is 0.544. The average Bonchev–Trinajstić information content (AvgIpc) is 3.01. The van der Waals surface area contributed by atoms with Crippen molar-refractivity contribution in [1.29, 1.82) is 0 Å². The van der Waals surface area contributed by atoms with E-state index in [2.05, 4.69) is 11.9 Å². The van der Waals surface area contributed by atoms with Crippen LogP contribution in [0.1, 0.15) is 19.0 Å². The molecule has 4 nitrogen and oxygen atoms in total. The summed E-state index contributed by atoms with van der Waals surface area (Å²) in [5, 5.41) is 6.56. The van der Waals surface area contributed by atoms with Crippen molar-refractivity contribution in [1.82, 2.24) is 14.8 Å². The maximum Gasteiger partial charge on any atom is 0.148 e. The first-order chi connectivity index (χ1) is 12.2. The normalized spacial score (nSPS) is 11.3. The molecule has 0 N–H and O–H groups in total. The van der Waals surface area contributed by atoms with Gasteiger partial charge in [-0.15, -0.1) is 0 Å². The van der Waals surface area contributed by atoms with E-state index in [0.29, 0.717) is 11.4 Å². The van der Waals surface area contributed by atoms with E-state index in [9.17, 15) is 4.39 Å². The molecule has 2 aromatic heterocycles. The van der Waals surface area contributed by atoms with Crippen LogP contribution in [0, 0.1) is 5.82 Å². The van der Waals surface area contributed by atoms with Crippen molar-refractivity contribution in [2.75, 3.05) is 7.11 Å². The second-order valence-corrected chi connectivity index (χ2v) is 5.94. The molecule has 0 aliphatic heterocycles. The molecule has 0 aliphatic carbocycles. The van der Waals surface area contributed by atoms with Gasteiger partial charge in [-0.25, -0.2) is 9.07 Å². The summed E-state index contributed by atoms with van der Waals surface area (Å²) in [6, 6.07) is 12.5. The number of benzene rings is 2. The molecular formula is C20H18FN3O. The van der Waals surface area contributed by atoms with Crippen LogP contribution in [-0.4, -0.2) is 21.9 Å². The molecule has 2 aromatic carbocycles. The molecule has 25 heavy (non-hydrogen) atoms. The molecule has 126 valence electrons. The Morgan fingerprint density at radius 3 is 2.68 bits per heavy atom. The van der Waals surface area contributed by atoms with E-state index < -0.39 is 0 Å². The van der Waals surface area contributed by atoms with Crippen molar-refractivity contribution >= 4 is 21.8 Å². The smallest absolute Gasteiger partial charge is 0.148 e. The first-order valence-electron chi connectivity index (χ1n) is 8.32. The molecule has 4 aromatic rings. The summed E-state index contributed by atoms with van der Waals surface area (Å²) in [6.07, 6.45) is 3.59. The highest BCUT2D eigenvalue weighted by atomic mass is 19.1. The second kappa shape index (κ2) is 6.16. The summed E-state index contributed by atoms with van der Waals surface area (Å²) < 4.78 is 21.6. The molecule has 5 heteroatoms. The minimum atomic E-state index is -0.303. The standard InChI is InChI=1S/C20H18FN3O/c1-3-7-16-14-12-22-19-13(8-6-11-18(19)25-2)20(14)24(23-16)17-10-5-4-9-15(17)21/h4-6,8-12H,3,7H2,1-2H3. The monoisotopic (exact) mass is 335 g/mol. The highest BCUT2D eigenvalue weighted by molar-refractivity contribution is 6.06. The molecule has 0 atom stereocenters. The maximum atomic E-state index is 14.4. The van der Waals surface area contributed by atoms with Crippen LogP contribution in [0.25, 0.3) is 27.5 Å². The van der Waals surface area contributed by atoms with Gasteiger partial charge in [0.05, 0.1) is 18.3 Å². The van der Waals surface area contributed by atoms with Crippen molar-refractivity contribution in [2.24, 2.45) is 0 Å². The van der Waals surface area contributed by atoms with E-state index in [-0.39, 0.29) is 5.82 Å². The number of pyridine rings is 1. The minimum Gasteiger partial charge on any atom is -0.494 e. The van der Waals surface area contributed by atoms with Gasteiger partial charge in [-0.1, -0.05) is 37.6 Å². The second-order valence-electron chi connectivity index (χ2n) is 5.94. The lowest BCUT2D eigenvalue weighted by Gasteiger charge is -2.08. The molecule has 0 aliphatic rings. The Morgan fingerprint density at radius 1 is 1.08 bits per heavy atom. The minimum absolute atomic E-state index is 0.303. The number of para-hydroxylation sites is 2. The lowest BCUT2D eigenvalue weighted by Crippen LogP contribution is -2.01. The van der Waals surface area contributed by atoms with Gasteiger partial charge in [0.2, 0.25) is 0 Å². The van der Waals surface area contributed by atoms with E-state index in [1.54, 1.807) is 23.9 Å². The molecule has 0 fully saturated rings. The summed E-state index contributed by atoms with van der Waals surface area (Å²) in [5.41, 5.74) is 2.97. The number of aryl methyl sites for hydroxylation is 1. The van der Waals surface area contributed by atoms with Gasteiger partial charge in [0.1, 0.15) is 22.8 Å². The van der Waals surface area contributed by atoms with Crippen LogP contribution in [0.5, 0.6) is 5.75 Å². The summed E-state index contributed by atoms with van der Waals surface area (Å²) in [5.74, 6) is 0.389. The number of methoxy groups -OCH3 is 1. The molecule has 0 radical (unpaired) electrons. The van der Waals surface area contributed by atoms with Crippen LogP contribution in [-0.2, 0) is 6.42 Å². The van der Waals surface area contributed by atoms with Crippen LogP contribution in [0.15, 0.2) is 48.7 Å². The Kier molecular flexibility index (Phi) is 3.84. The van der Waals surface area contributed by atoms with E-state index in [0.717, 1.165) is 40.3 Å². The fourth-order valence-corrected chi connectivity index (χ4v) is 3.23. The fraction of sp³-hybridized carbons (Fsp3) is 0.200. The van der Waals surface area contributed by atoms with E-state index >= 15 is 0 Å². The van der Waals surface area contributed by atoms with Gasteiger partial charge in [-0.05, 0) is 24.6 Å². The number of aromatic nitrogens is 3. The number of ether oxygens (including phenoxy) is 1. The Balaban J connectivity index is 2.14. The van der Waals surface area contributed by atoms with Crippen LogP contribution in [0.3, 0.4) is 0 Å².